The number of benzene rings is 1. The van der Waals surface area contributed by atoms with Crippen LogP contribution in [-0.2, 0) is 12.4 Å². The van der Waals surface area contributed by atoms with E-state index < -0.39 is 23.5 Å². The van der Waals surface area contributed by atoms with Gasteiger partial charge in [0.2, 0.25) is 0 Å². The first-order valence-corrected chi connectivity index (χ1v) is 6.42. The predicted octanol–water partition coefficient (Wildman–Crippen LogP) is 4.89. The summed E-state index contributed by atoms with van der Waals surface area (Å²) in [5.41, 5.74) is -2.88. The summed E-state index contributed by atoms with van der Waals surface area (Å²) in [4.78, 5) is 3.92. The molecule has 0 saturated carbocycles. The molecule has 0 fully saturated rings. The van der Waals surface area contributed by atoms with E-state index in [4.69, 9.17) is 0 Å². The molecule has 9 heteroatoms. The fourth-order valence-electron chi connectivity index (χ4n) is 1.62. The summed E-state index contributed by atoms with van der Waals surface area (Å²) in [5.74, 6) is 0. The molecular weight excluding hydrogens is 318 g/mol. The van der Waals surface area contributed by atoms with E-state index in [1.165, 1.54) is 5.38 Å². The fourth-order valence-corrected chi connectivity index (χ4v) is 2.30. The van der Waals surface area contributed by atoms with E-state index in [-0.39, 0.29) is 17.3 Å². The number of aromatic nitrogens is 1. The number of hydrogen-bond acceptors (Lipinski definition) is 3. The van der Waals surface area contributed by atoms with Gasteiger partial charge in [0.05, 0.1) is 16.8 Å². The maximum Gasteiger partial charge on any atom is 0.416 e. The van der Waals surface area contributed by atoms with Gasteiger partial charge in [-0.25, -0.2) is 4.98 Å². The molecular formula is C12H8F6N2S. The average molecular weight is 326 g/mol. The number of halogens is 6. The van der Waals surface area contributed by atoms with Gasteiger partial charge < -0.3 is 5.32 Å². The molecule has 0 atom stereocenters. The van der Waals surface area contributed by atoms with Crippen molar-refractivity contribution in [3.8, 4) is 11.3 Å². The second-order valence-electron chi connectivity index (χ2n) is 4.08. The van der Waals surface area contributed by atoms with E-state index in [0.717, 1.165) is 11.3 Å². The molecule has 0 aliphatic rings. The van der Waals surface area contributed by atoms with Gasteiger partial charge in [-0.1, -0.05) is 0 Å². The summed E-state index contributed by atoms with van der Waals surface area (Å²) >= 11 is 1.09. The number of anilines is 1. The molecule has 0 amide bonds. The first-order chi connectivity index (χ1) is 9.61. The number of rotatable bonds is 2. The molecule has 1 heterocycles. The molecule has 0 bridgehead atoms. The van der Waals surface area contributed by atoms with Crippen LogP contribution < -0.4 is 5.32 Å². The van der Waals surface area contributed by atoms with Crippen LogP contribution in [0.15, 0.2) is 23.6 Å². The number of thiazole rings is 1. The quantitative estimate of drug-likeness (QED) is 0.795. The van der Waals surface area contributed by atoms with E-state index in [9.17, 15) is 26.3 Å². The number of hydrogen-bond donors (Lipinski definition) is 1. The highest BCUT2D eigenvalue weighted by molar-refractivity contribution is 7.14. The SMILES string of the molecule is CNc1nc(-c2cc(C(F)(F)F)cc(C(F)(F)F)c2)cs1. The summed E-state index contributed by atoms with van der Waals surface area (Å²) < 4.78 is 76.4. The Labute approximate surface area is 119 Å². The lowest BCUT2D eigenvalue weighted by atomic mass is 10.0. The minimum Gasteiger partial charge on any atom is -0.365 e. The lowest BCUT2D eigenvalue weighted by molar-refractivity contribution is -0.143. The third kappa shape index (κ3) is 3.46. The molecule has 1 aromatic heterocycles. The first-order valence-electron chi connectivity index (χ1n) is 5.54. The second kappa shape index (κ2) is 5.21. The van der Waals surface area contributed by atoms with Crippen LogP contribution in [0.5, 0.6) is 0 Å². The minimum atomic E-state index is -4.86. The molecule has 1 aromatic carbocycles. The third-order valence-corrected chi connectivity index (χ3v) is 3.46. The zero-order valence-electron chi connectivity index (χ0n) is 10.4. The van der Waals surface area contributed by atoms with Crippen molar-refractivity contribution in [1.29, 1.82) is 0 Å². The first kappa shape index (κ1) is 15.6. The third-order valence-electron chi connectivity index (χ3n) is 2.60. The second-order valence-corrected chi connectivity index (χ2v) is 4.94. The van der Waals surface area contributed by atoms with Gasteiger partial charge in [0.25, 0.3) is 0 Å². The van der Waals surface area contributed by atoms with Gasteiger partial charge in [0, 0.05) is 18.0 Å². The van der Waals surface area contributed by atoms with Gasteiger partial charge >= 0.3 is 12.4 Å². The maximum absolute atomic E-state index is 12.7. The van der Waals surface area contributed by atoms with Crippen LogP contribution in [0.2, 0.25) is 0 Å². The summed E-state index contributed by atoms with van der Waals surface area (Å²) in [6, 6.07) is 1.41. The molecule has 21 heavy (non-hydrogen) atoms. The Morgan fingerprint density at radius 1 is 0.952 bits per heavy atom. The molecule has 0 spiro atoms. The largest absolute Gasteiger partial charge is 0.416 e. The van der Waals surface area contributed by atoms with E-state index in [1.807, 2.05) is 0 Å². The topological polar surface area (TPSA) is 24.9 Å². The van der Waals surface area contributed by atoms with Crippen LogP contribution in [0.4, 0.5) is 31.5 Å². The van der Waals surface area contributed by atoms with E-state index in [1.54, 1.807) is 7.05 Å². The molecule has 0 unspecified atom stereocenters. The standard InChI is InChI=1S/C12H8F6N2S/c1-19-10-20-9(5-21-10)6-2-7(11(13,14)15)4-8(3-6)12(16,17)18/h2-5H,1H3,(H,19,20). The molecule has 0 aliphatic carbocycles. The summed E-state index contributed by atoms with van der Waals surface area (Å²) in [5, 5.41) is 4.46. The van der Waals surface area contributed by atoms with Crippen LogP contribution in [0.1, 0.15) is 11.1 Å². The van der Waals surface area contributed by atoms with E-state index >= 15 is 0 Å². The Balaban J connectivity index is 2.60. The molecule has 2 nitrogen and oxygen atoms in total. The fraction of sp³-hybridized carbons (Fsp3) is 0.250. The Bertz CT molecular complexity index is 612. The number of nitrogens with zero attached hydrogens (tertiary/aromatic N) is 1. The lowest BCUT2D eigenvalue weighted by Gasteiger charge is -2.13. The molecule has 0 radical (unpaired) electrons. The van der Waals surface area contributed by atoms with Gasteiger partial charge in [-0.3, -0.25) is 0 Å². The highest BCUT2D eigenvalue weighted by atomic mass is 32.1. The Morgan fingerprint density at radius 3 is 1.86 bits per heavy atom. The van der Waals surface area contributed by atoms with Gasteiger partial charge in [0.1, 0.15) is 0 Å². The average Bonchev–Trinajstić information content (AvgIpc) is 2.85. The summed E-state index contributed by atoms with van der Waals surface area (Å²) in [7, 11) is 1.55. The van der Waals surface area contributed by atoms with Crippen LogP contribution >= 0.6 is 11.3 Å². The van der Waals surface area contributed by atoms with Crippen molar-refractivity contribution in [1.82, 2.24) is 4.98 Å². The zero-order chi connectivity index (χ0) is 15.8. The molecule has 1 N–H and O–H groups in total. The molecule has 0 saturated heterocycles. The highest BCUT2D eigenvalue weighted by Gasteiger charge is 2.37. The summed E-state index contributed by atoms with van der Waals surface area (Å²) in [6.45, 7) is 0. The minimum absolute atomic E-state index is 0.0564. The number of nitrogens with one attached hydrogen (secondary N) is 1. The van der Waals surface area contributed by atoms with Crippen molar-refractivity contribution in [2.24, 2.45) is 0 Å². The van der Waals surface area contributed by atoms with Crippen molar-refractivity contribution >= 4 is 16.5 Å². The zero-order valence-corrected chi connectivity index (χ0v) is 11.2. The van der Waals surface area contributed by atoms with Crippen LogP contribution in [0, 0.1) is 0 Å². The molecule has 2 aromatic rings. The predicted molar refractivity (Wildman–Crippen MR) is 67.1 cm³/mol. The normalized spacial score (nSPS) is 12.5. The maximum atomic E-state index is 12.7. The lowest BCUT2D eigenvalue weighted by Crippen LogP contribution is -2.11. The Morgan fingerprint density at radius 2 is 1.48 bits per heavy atom. The highest BCUT2D eigenvalue weighted by Crippen LogP contribution is 2.38. The molecule has 0 aliphatic heterocycles. The van der Waals surface area contributed by atoms with Crippen molar-refractivity contribution in [2.45, 2.75) is 12.4 Å². The van der Waals surface area contributed by atoms with Gasteiger partial charge in [-0.2, -0.15) is 26.3 Å². The summed E-state index contributed by atoms with van der Waals surface area (Å²) in [6.07, 6.45) is -9.73. The Hall–Kier alpha value is -1.77. The number of alkyl halides is 6. The van der Waals surface area contributed by atoms with Crippen molar-refractivity contribution in [3.63, 3.8) is 0 Å². The van der Waals surface area contributed by atoms with Crippen LogP contribution in [0.25, 0.3) is 11.3 Å². The monoisotopic (exact) mass is 326 g/mol. The van der Waals surface area contributed by atoms with Gasteiger partial charge in [-0.15, -0.1) is 11.3 Å². The van der Waals surface area contributed by atoms with Crippen molar-refractivity contribution in [2.75, 3.05) is 12.4 Å². The Kier molecular flexibility index (Phi) is 3.87. The van der Waals surface area contributed by atoms with Crippen LogP contribution in [0.3, 0.4) is 0 Å². The smallest absolute Gasteiger partial charge is 0.365 e. The van der Waals surface area contributed by atoms with Gasteiger partial charge in [-0.05, 0) is 18.2 Å². The van der Waals surface area contributed by atoms with E-state index in [2.05, 4.69) is 10.3 Å². The molecule has 114 valence electrons. The van der Waals surface area contributed by atoms with Gasteiger partial charge in [0.15, 0.2) is 5.13 Å². The van der Waals surface area contributed by atoms with Crippen molar-refractivity contribution in [3.05, 3.63) is 34.7 Å². The van der Waals surface area contributed by atoms with Crippen molar-refractivity contribution < 1.29 is 26.3 Å². The van der Waals surface area contributed by atoms with E-state index in [0.29, 0.717) is 17.3 Å². The van der Waals surface area contributed by atoms with Crippen LogP contribution in [-0.4, -0.2) is 12.0 Å². The molecule has 2 rings (SSSR count).